The molecule has 9 nitrogen and oxygen atoms in total. The molecule has 0 bridgehead atoms. The normalized spacial score (nSPS) is 13.8. The molecule has 0 aliphatic heterocycles. The first-order valence-electron chi connectivity index (χ1n) is 9.49. The first kappa shape index (κ1) is 24.1. The van der Waals surface area contributed by atoms with Gasteiger partial charge in [-0.25, -0.2) is 0 Å². The number of amides is 3. The first-order valence-corrected chi connectivity index (χ1v) is 9.49. The van der Waals surface area contributed by atoms with E-state index in [1.807, 2.05) is 44.2 Å². The Balaban J connectivity index is 2.63. The number of rotatable bonds is 11. The molecule has 0 aromatic heterocycles. The molecule has 6 N–H and O–H groups in total. The number of benzene rings is 1. The molecule has 0 radical (unpaired) electrons. The Bertz CT molecular complexity index is 708. The average Bonchev–Trinajstić information content (AvgIpc) is 2.65. The smallest absolute Gasteiger partial charge is 0.325 e. The van der Waals surface area contributed by atoms with Crippen LogP contribution in [0.3, 0.4) is 0 Å². The molecule has 160 valence electrons. The SMILES string of the molecule is CC(C)CC(NC(=O)C(N)Cc1ccccc1)C(=O)NCC(=O)NC(C)C(=O)O. The molecule has 1 aromatic rings. The minimum Gasteiger partial charge on any atom is -0.480 e. The van der Waals surface area contributed by atoms with Gasteiger partial charge in [0.25, 0.3) is 0 Å². The molecule has 3 atom stereocenters. The van der Waals surface area contributed by atoms with Gasteiger partial charge < -0.3 is 26.8 Å². The summed E-state index contributed by atoms with van der Waals surface area (Å²) in [5, 5.41) is 16.1. The molecule has 1 rings (SSSR count). The zero-order valence-corrected chi connectivity index (χ0v) is 17.0. The van der Waals surface area contributed by atoms with E-state index < -0.39 is 48.4 Å². The van der Waals surface area contributed by atoms with Gasteiger partial charge in [0, 0.05) is 0 Å². The molecule has 0 saturated carbocycles. The lowest BCUT2D eigenvalue weighted by atomic mass is 10.0. The van der Waals surface area contributed by atoms with E-state index in [0.717, 1.165) is 5.56 Å². The van der Waals surface area contributed by atoms with Gasteiger partial charge in [0.2, 0.25) is 17.7 Å². The molecule has 0 fully saturated rings. The zero-order valence-electron chi connectivity index (χ0n) is 17.0. The lowest BCUT2D eigenvalue weighted by Crippen LogP contribution is -2.54. The lowest BCUT2D eigenvalue weighted by Gasteiger charge is -2.22. The molecule has 3 amide bonds. The number of nitrogens with one attached hydrogen (secondary N) is 3. The van der Waals surface area contributed by atoms with E-state index in [9.17, 15) is 19.2 Å². The molecule has 0 aliphatic carbocycles. The van der Waals surface area contributed by atoms with Crippen molar-refractivity contribution in [1.82, 2.24) is 16.0 Å². The summed E-state index contributed by atoms with van der Waals surface area (Å²) in [6.07, 6.45) is 0.695. The Labute approximate surface area is 170 Å². The maximum Gasteiger partial charge on any atom is 0.325 e. The Morgan fingerprint density at radius 3 is 2.17 bits per heavy atom. The van der Waals surface area contributed by atoms with Crippen molar-refractivity contribution in [3.05, 3.63) is 35.9 Å². The quantitative estimate of drug-likeness (QED) is 0.343. The highest BCUT2D eigenvalue weighted by Gasteiger charge is 2.25. The van der Waals surface area contributed by atoms with Crippen LogP contribution in [0.1, 0.15) is 32.8 Å². The van der Waals surface area contributed by atoms with Gasteiger partial charge in [-0.2, -0.15) is 0 Å². The van der Waals surface area contributed by atoms with Gasteiger partial charge in [-0.15, -0.1) is 0 Å². The number of carbonyl (C=O) groups excluding carboxylic acids is 3. The third kappa shape index (κ3) is 9.20. The highest BCUT2D eigenvalue weighted by molar-refractivity contribution is 5.92. The van der Waals surface area contributed by atoms with E-state index in [1.165, 1.54) is 6.92 Å². The summed E-state index contributed by atoms with van der Waals surface area (Å²) in [7, 11) is 0. The Morgan fingerprint density at radius 2 is 1.62 bits per heavy atom. The minimum atomic E-state index is -1.18. The van der Waals surface area contributed by atoms with Crippen LogP contribution in [0.5, 0.6) is 0 Å². The largest absolute Gasteiger partial charge is 0.480 e. The highest BCUT2D eigenvalue weighted by Crippen LogP contribution is 2.07. The van der Waals surface area contributed by atoms with Crippen LogP contribution in [-0.2, 0) is 25.6 Å². The van der Waals surface area contributed by atoms with Crippen molar-refractivity contribution in [3.8, 4) is 0 Å². The van der Waals surface area contributed by atoms with Crippen LogP contribution in [0.4, 0.5) is 0 Å². The molecule has 0 spiro atoms. The van der Waals surface area contributed by atoms with Crippen LogP contribution in [-0.4, -0.2) is 53.5 Å². The second-order valence-electron chi connectivity index (χ2n) is 7.33. The van der Waals surface area contributed by atoms with E-state index in [0.29, 0.717) is 12.8 Å². The fourth-order valence-electron chi connectivity index (χ4n) is 2.59. The predicted molar refractivity (Wildman–Crippen MR) is 108 cm³/mol. The second kappa shape index (κ2) is 11.8. The van der Waals surface area contributed by atoms with Crippen molar-refractivity contribution >= 4 is 23.7 Å². The Kier molecular flexibility index (Phi) is 9.81. The monoisotopic (exact) mass is 406 g/mol. The number of aliphatic carboxylic acids is 1. The van der Waals surface area contributed by atoms with Gasteiger partial charge in [-0.1, -0.05) is 44.2 Å². The zero-order chi connectivity index (χ0) is 22.0. The molecule has 0 saturated heterocycles. The molecule has 0 aliphatic rings. The van der Waals surface area contributed by atoms with Gasteiger partial charge in [-0.05, 0) is 31.2 Å². The van der Waals surface area contributed by atoms with Crippen molar-refractivity contribution in [1.29, 1.82) is 0 Å². The summed E-state index contributed by atoms with van der Waals surface area (Å²) in [5.41, 5.74) is 6.88. The number of hydrogen-bond donors (Lipinski definition) is 5. The number of carboxylic acids is 1. The third-order valence-corrected chi connectivity index (χ3v) is 4.15. The summed E-state index contributed by atoms with van der Waals surface area (Å²) in [6.45, 7) is 4.73. The molecule has 29 heavy (non-hydrogen) atoms. The standard InChI is InChI=1S/C20H30N4O5/c1-12(2)9-16(19(27)22-11-17(25)23-13(3)20(28)29)24-18(26)15(21)10-14-7-5-4-6-8-14/h4-8,12-13,15-16H,9-11,21H2,1-3H3,(H,22,27)(H,23,25)(H,24,26)(H,28,29). The second-order valence-corrected chi connectivity index (χ2v) is 7.33. The van der Waals surface area contributed by atoms with E-state index in [1.54, 1.807) is 0 Å². The fraction of sp³-hybridized carbons (Fsp3) is 0.500. The summed E-state index contributed by atoms with van der Waals surface area (Å²) < 4.78 is 0. The summed E-state index contributed by atoms with van der Waals surface area (Å²) in [5.74, 6) is -2.70. The van der Waals surface area contributed by atoms with E-state index in [4.69, 9.17) is 10.8 Å². The topological polar surface area (TPSA) is 151 Å². The van der Waals surface area contributed by atoms with Gasteiger partial charge in [0.05, 0.1) is 12.6 Å². The third-order valence-electron chi connectivity index (χ3n) is 4.15. The summed E-state index contributed by atoms with van der Waals surface area (Å²) in [4.78, 5) is 47.4. The molecular formula is C20H30N4O5. The van der Waals surface area contributed by atoms with Crippen LogP contribution >= 0.6 is 0 Å². The maximum atomic E-state index is 12.5. The summed E-state index contributed by atoms with van der Waals surface area (Å²) in [6, 6.07) is 6.56. The van der Waals surface area contributed by atoms with Gasteiger partial charge in [-0.3, -0.25) is 19.2 Å². The summed E-state index contributed by atoms with van der Waals surface area (Å²) >= 11 is 0. The van der Waals surface area contributed by atoms with Crippen LogP contribution in [0.15, 0.2) is 30.3 Å². The van der Waals surface area contributed by atoms with Crippen molar-refractivity contribution in [2.75, 3.05) is 6.54 Å². The number of nitrogens with two attached hydrogens (primary N) is 1. The van der Waals surface area contributed by atoms with E-state index >= 15 is 0 Å². The van der Waals surface area contributed by atoms with Gasteiger partial charge >= 0.3 is 5.97 Å². The van der Waals surface area contributed by atoms with E-state index in [-0.39, 0.29) is 5.92 Å². The van der Waals surface area contributed by atoms with Crippen molar-refractivity contribution in [3.63, 3.8) is 0 Å². The first-order chi connectivity index (χ1) is 13.6. The minimum absolute atomic E-state index is 0.109. The van der Waals surface area contributed by atoms with Gasteiger partial charge in [0.1, 0.15) is 12.1 Å². The Morgan fingerprint density at radius 1 is 1.00 bits per heavy atom. The van der Waals surface area contributed by atoms with Crippen LogP contribution in [0, 0.1) is 5.92 Å². The predicted octanol–water partition coefficient (Wildman–Crippen LogP) is -0.207. The van der Waals surface area contributed by atoms with Crippen LogP contribution in [0.25, 0.3) is 0 Å². The van der Waals surface area contributed by atoms with Crippen molar-refractivity contribution in [2.24, 2.45) is 11.7 Å². The maximum absolute atomic E-state index is 12.5. The fourth-order valence-corrected chi connectivity index (χ4v) is 2.59. The number of carboxylic acid groups (broad SMARTS) is 1. The number of carbonyl (C=O) groups is 4. The molecular weight excluding hydrogens is 376 g/mol. The van der Waals surface area contributed by atoms with Crippen LogP contribution < -0.4 is 21.7 Å². The van der Waals surface area contributed by atoms with Crippen molar-refractivity contribution < 1.29 is 24.3 Å². The lowest BCUT2D eigenvalue weighted by molar-refractivity contribution is -0.141. The van der Waals surface area contributed by atoms with Crippen molar-refractivity contribution in [2.45, 2.75) is 51.7 Å². The average molecular weight is 406 g/mol. The van der Waals surface area contributed by atoms with Crippen LogP contribution in [0.2, 0.25) is 0 Å². The number of hydrogen-bond acceptors (Lipinski definition) is 5. The highest BCUT2D eigenvalue weighted by atomic mass is 16.4. The van der Waals surface area contributed by atoms with Gasteiger partial charge in [0.15, 0.2) is 0 Å². The van der Waals surface area contributed by atoms with E-state index in [2.05, 4.69) is 16.0 Å². The molecule has 0 heterocycles. The molecule has 9 heteroatoms. The Hall–Kier alpha value is -2.94. The molecule has 1 aromatic carbocycles. The molecule has 3 unspecified atom stereocenters.